The maximum atomic E-state index is 11.8. The first-order valence-corrected chi connectivity index (χ1v) is 8.36. The van der Waals surface area contributed by atoms with Gasteiger partial charge in [-0.1, -0.05) is 24.3 Å². The molecule has 1 atom stereocenters. The molecule has 136 valence electrons. The Balaban J connectivity index is 1.84. The summed E-state index contributed by atoms with van der Waals surface area (Å²) in [6.45, 7) is 0.239. The summed E-state index contributed by atoms with van der Waals surface area (Å²) in [5, 5.41) is 25.3. The molecule has 0 bridgehead atoms. The largest absolute Gasteiger partial charge is 0.465 e. The number of hydrogen-bond acceptors (Lipinski definition) is 6. The zero-order valence-electron chi connectivity index (χ0n) is 14.4. The van der Waals surface area contributed by atoms with E-state index in [0.717, 1.165) is 24.0 Å². The predicted molar refractivity (Wildman–Crippen MR) is 96.2 cm³/mol. The lowest BCUT2D eigenvalue weighted by molar-refractivity contribution is -0.385. The fourth-order valence-electron chi connectivity index (χ4n) is 3.41. The number of ether oxygens (including phenoxy) is 1. The Morgan fingerprint density at radius 3 is 2.85 bits per heavy atom. The second-order valence-electron chi connectivity index (χ2n) is 6.38. The van der Waals surface area contributed by atoms with Crippen LogP contribution in [-0.4, -0.2) is 29.7 Å². The number of aryl methyl sites for hydroxylation is 1. The SMILES string of the molecule is COC(=O)c1cc(NCC2(O)CCCc3ccccc32)ccc1[N+](=O)[O-]. The van der Waals surface area contributed by atoms with Crippen LogP contribution < -0.4 is 5.32 Å². The van der Waals surface area contributed by atoms with Crippen molar-refractivity contribution in [2.75, 3.05) is 19.0 Å². The summed E-state index contributed by atoms with van der Waals surface area (Å²) in [5.41, 5.74) is 1.06. The molecule has 0 spiro atoms. The number of hydrogen-bond donors (Lipinski definition) is 2. The summed E-state index contributed by atoms with van der Waals surface area (Å²) >= 11 is 0. The van der Waals surface area contributed by atoms with E-state index in [0.29, 0.717) is 12.1 Å². The molecule has 0 aliphatic heterocycles. The predicted octanol–water partition coefficient (Wildman–Crippen LogP) is 3.02. The third-order valence-electron chi connectivity index (χ3n) is 4.74. The first-order chi connectivity index (χ1) is 12.4. The van der Waals surface area contributed by atoms with Gasteiger partial charge in [-0.25, -0.2) is 4.79 Å². The van der Waals surface area contributed by atoms with Crippen LogP contribution in [0.3, 0.4) is 0 Å². The molecule has 1 aliphatic carbocycles. The maximum absolute atomic E-state index is 11.8. The fourth-order valence-corrected chi connectivity index (χ4v) is 3.41. The van der Waals surface area contributed by atoms with Crippen molar-refractivity contribution in [3.8, 4) is 0 Å². The number of carbonyl (C=O) groups excluding carboxylic acids is 1. The summed E-state index contributed by atoms with van der Waals surface area (Å²) in [6.07, 6.45) is 2.43. The van der Waals surface area contributed by atoms with Crippen molar-refractivity contribution in [2.45, 2.75) is 24.9 Å². The van der Waals surface area contributed by atoms with Crippen molar-refractivity contribution in [3.05, 3.63) is 69.3 Å². The van der Waals surface area contributed by atoms with Crippen molar-refractivity contribution in [1.29, 1.82) is 0 Å². The zero-order chi connectivity index (χ0) is 18.7. The van der Waals surface area contributed by atoms with Crippen LogP contribution in [0.4, 0.5) is 11.4 Å². The van der Waals surface area contributed by atoms with Gasteiger partial charge >= 0.3 is 5.97 Å². The molecule has 0 saturated heterocycles. The van der Waals surface area contributed by atoms with Gasteiger partial charge < -0.3 is 15.2 Å². The number of esters is 1. The molecule has 0 fully saturated rings. The number of anilines is 1. The highest BCUT2D eigenvalue weighted by molar-refractivity contribution is 5.95. The molecule has 1 unspecified atom stereocenters. The molecule has 2 aromatic rings. The average molecular weight is 356 g/mol. The number of nitro groups is 1. The van der Waals surface area contributed by atoms with Crippen LogP contribution in [0, 0.1) is 10.1 Å². The second-order valence-corrected chi connectivity index (χ2v) is 6.38. The third-order valence-corrected chi connectivity index (χ3v) is 4.74. The minimum absolute atomic E-state index is 0.126. The van der Waals surface area contributed by atoms with Crippen LogP contribution >= 0.6 is 0 Å². The highest BCUT2D eigenvalue weighted by atomic mass is 16.6. The summed E-state index contributed by atoms with van der Waals surface area (Å²) in [5.74, 6) is -0.776. The van der Waals surface area contributed by atoms with Gasteiger partial charge in [-0.05, 0) is 42.5 Å². The van der Waals surface area contributed by atoms with Gasteiger partial charge in [0.25, 0.3) is 5.69 Å². The molecule has 0 amide bonds. The average Bonchev–Trinajstić information content (AvgIpc) is 2.66. The Kier molecular flexibility index (Phi) is 4.90. The Bertz CT molecular complexity index is 852. The monoisotopic (exact) mass is 356 g/mol. The van der Waals surface area contributed by atoms with Crippen LogP contribution in [0.5, 0.6) is 0 Å². The Labute approximate surface area is 150 Å². The number of aliphatic hydroxyl groups is 1. The lowest BCUT2D eigenvalue weighted by atomic mass is 9.79. The topological polar surface area (TPSA) is 102 Å². The van der Waals surface area contributed by atoms with E-state index in [9.17, 15) is 20.0 Å². The van der Waals surface area contributed by atoms with Gasteiger partial charge in [0.1, 0.15) is 11.2 Å². The molecule has 7 nitrogen and oxygen atoms in total. The third kappa shape index (κ3) is 3.39. The van der Waals surface area contributed by atoms with E-state index in [1.807, 2.05) is 24.3 Å². The van der Waals surface area contributed by atoms with Gasteiger partial charge in [-0.15, -0.1) is 0 Å². The molecule has 2 N–H and O–H groups in total. The molecular formula is C19H20N2O5. The highest BCUT2D eigenvalue weighted by Gasteiger charge is 2.34. The van der Waals surface area contributed by atoms with Crippen LogP contribution in [0.15, 0.2) is 42.5 Å². The van der Waals surface area contributed by atoms with Crippen LogP contribution in [0.25, 0.3) is 0 Å². The normalized spacial score (nSPS) is 18.7. The summed E-state index contributed by atoms with van der Waals surface area (Å²) in [4.78, 5) is 22.3. The molecule has 0 heterocycles. The number of rotatable bonds is 5. The fraction of sp³-hybridized carbons (Fsp3) is 0.316. The molecule has 0 saturated carbocycles. The van der Waals surface area contributed by atoms with Crippen LogP contribution in [0.2, 0.25) is 0 Å². The van der Waals surface area contributed by atoms with E-state index in [1.54, 1.807) is 0 Å². The Morgan fingerprint density at radius 1 is 1.35 bits per heavy atom. The van der Waals surface area contributed by atoms with E-state index in [4.69, 9.17) is 0 Å². The van der Waals surface area contributed by atoms with Gasteiger partial charge in [0, 0.05) is 18.3 Å². The van der Waals surface area contributed by atoms with Gasteiger partial charge in [0.15, 0.2) is 0 Å². The summed E-state index contributed by atoms with van der Waals surface area (Å²) in [7, 11) is 1.17. The lowest BCUT2D eigenvalue weighted by Gasteiger charge is -2.35. The minimum atomic E-state index is -1.03. The molecule has 0 radical (unpaired) electrons. The maximum Gasteiger partial charge on any atom is 0.344 e. The van der Waals surface area contributed by atoms with Crippen LogP contribution in [0.1, 0.15) is 34.3 Å². The Morgan fingerprint density at radius 2 is 2.12 bits per heavy atom. The van der Waals surface area contributed by atoms with E-state index in [-0.39, 0.29) is 17.8 Å². The van der Waals surface area contributed by atoms with Crippen molar-refractivity contribution >= 4 is 17.3 Å². The van der Waals surface area contributed by atoms with E-state index < -0.39 is 16.5 Å². The first-order valence-electron chi connectivity index (χ1n) is 8.36. The summed E-state index contributed by atoms with van der Waals surface area (Å²) < 4.78 is 4.62. The standard InChI is InChI=1S/C19H20N2O5/c1-26-18(22)15-11-14(8-9-17(15)21(24)25)20-12-19(23)10-4-6-13-5-2-3-7-16(13)19/h2-3,5,7-9,11,20,23H,4,6,10,12H2,1H3. The summed E-state index contributed by atoms with van der Waals surface area (Å²) in [6, 6.07) is 11.9. The number of nitro benzene ring substituents is 1. The van der Waals surface area contributed by atoms with Crippen molar-refractivity contribution in [2.24, 2.45) is 0 Å². The van der Waals surface area contributed by atoms with Crippen LogP contribution in [-0.2, 0) is 16.8 Å². The molecule has 0 aromatic heterocycles. The highest BCUT2D eigenvalue weighted by Crippen LogP contribution is 2.35. The molecule has 1 aliphatic rings. The van der Waals surface area contributed by atoms with Crippen molar-refractivity contribution in [1.82, 2.24) is 0 Å². The lowest BCUT2D eigenvalue weighted by Crippen LogP contribution is -2.37. The molecule has 26 heavy (non-hydrogen) atoms. The number of carbonyl (C=O) groups is 1. The molecular weight excluding hydrogens is 336 g/mol. The smallest absolute Gasteiger partial charge is 0.344 e. The number of nitrogens with zero attached hydrogens (tertiary/aromatic N) is 1. The first kappa shape index (κ1) is 17.9. The number of methoxy groups -OCH3 is 1. The van der Waals surface area contributed by atoms with Gasteiger partial charge in [0.2, 0.25) is 0 Å². The minimum Gasteiger partial charge on any atom is -0.465 e. The Hall–Kier alpha value is -2.93. The number of fused-ring (bicyclic) bond motifs is 1. The molecule has 7 heteroatoms. The van der Waals surface area contributed by atoms with E-state index >= 15 is 0 Å². The van der Waals surface area contributed by atoms with E-state index in [2.05, 4.69) is 10.1 Å². The molecule has 2 aromatic carbocycles. The van der Waals surface area contributed by atoms with Crippen molar-refractivity contribution < 1.29 is 19.6 Å². The van der Waals surface area contributed by atoms with Gasteiger partial charge in [-0.2, -0.15) is 0 Å². The van der Waals surface area contributed by atoms with E-state index in [1.165, 1.54) is 25.3 Å². The zero-order valence-corrected chi connectivity index (χ0v) is 14.4. The van der Waals surface area contributed by atoms with Crippen molar-refractivity contribution in [3.63, 3.8) is 0 Å². The second kappa shape index (κ2) is 7.13. The van der Waals surface area contributed by atoms with Gasteiger partial charge in [0.05, 0.1) is 12.0 Å². The number of nitrogens with one attached hydrogen (secondary N) is 1. The number of benzene rings is 2. The molecule has 3 rings (SSSR count). The quantitative estimate of drug-likeness (QED) is 0.485. The van der Waals surface area contributed by atoms with Gasteiger partial charge in [-0.3, -0.25) is 10.1 Å².